The topological polar surface area (TPSA) is 84.9 Å². The average molecular weight is 411 g/mol. The maximum Gasteiger partial charge on any atom is 0.249 e. The minimum absolute atomic E-state index is 0.0876. The zero-order chi connectivity index (χ0) is 20.0. The van der Waals surface area contributed by atoms with Crippen LogP contribution in [0, 0.1) is 0 Å². The Hall–Kier alpha value is -1.48. The van der Waals surface area contributed by atoms with Crippen molar-refractivity contribution in [1.29, 1.82) is 0 Å². The first kappa shape index (κ1) is 21.2. The number of amides is 1. The predicted octanol–water partition coefficient (Wildman–Crippen LogP) is 2.06. The molecule has 0 spiro atoms. The normalized spacial score (nSPS) is 22.1. The molecule has 0 saturated carbocycles. The number of benzene rings is 1. The zero-order valence-electron chi connectivity index (χ0n) is 16.4. The van der Waals surface area contributed by atoms with Gasteiger partial charge in [-0.05, 0) is 50.3 Å². The van der Waals surface area contributed by atoms with Crippen LogP contribution in [0.5, 0.6) is 0 Å². The molecule has 2 heterocycles. The van der Waals surface area contributed by atoms with E-state index in [1.54, 1.807) is 35.5 Å². The average Bonchev–Trinajstić information content (AvgIpc) is 3.25. The Balaban J connectivity index is 1.47. The highest BCUT2D eigenvalue weighted by Gasteiger charge is 2.25. The fourth-order valence-corrected chi connectivity index (χ4v) is 4.99. The molecular formula is C20H30N2O5S. The third-order valence-corrected chi connectivity index (χ3v) is 7.18. The van der Waals surface area contributed by atoms with Gasteiger partial charge in [-0.15, -0.1) is 0 Å². The van der Waals surface area contributed by atoms with Crippen LogP contribution in [0.25, 0.3) is 0 Å². The first-order valence-electron chi connectivity index (χ1n) is 10.1. The monoisotopic (exact) mass is 410 g/mol. The van der Waals surface area contributed by atoms with Gasteiger partial charge >= 0.3 is 0 Å². The van der Waals surface area contributed by atoms with Gasteiger partial charge in [-0.25, -0.2) is 8.42 Å². The second-order valence-corrected chi connectivity index (χ2v) is 9.38. The Labute approximate surface area is 167 Å². The van der Waals surface area contributed by atoms with Crippen LogP contribution in [0.15, 0.2) is 29.2 Å². The summed E-state index contributed by atoms with van der Waals surface area (Å²) < 4.78 is 38.0. The van der Waals surface area contributed by atoms with Gasteiger partial charge in [0, 0.05) is 26.2 Å². The molecule has 1 aromatic rings. The van der Waals surface area contributed by atoms with E-state index in [-0.39, 0.29) is 12.0 Å². The Morgan fingerprint density at radius 2 is 1.93 bits per heavy atom. The summed E-state index contributed by atoms with van der Waals surface area (Å²) in [7, 11) is -3.42. The van der Waals surface area contributed by atoms with Gasteiger partial charge in [0.25, 0.3) is 0 Å². The van der Waals surface area contributed by atoms with Crippen molar-refractivity contribution in [2.45, 2.75) is 62.7 Å². The number of nitrogens with one attached hydrogen (secondary N) is 1. The molecule has 1 aromatic carbocycles. The van der Waals surface area contributed by atoms with Crippen molar-refractivity contribution in [3.05, 3.63) is 29.8 Å². The van der Waals surface area contributed by atoms with Crippen molar-refractivity contribution in [3.63, 3.8) is 0 Å². The first-order chi connectivity index (χ1) is 13.5. The highest BCUT2D eigenvalue weighted by Crippen LogP contribution is 2.21. The first-order valence-corrected chi connectivity index (χ1v) is 11.5. The number of carbonyl (C=O) groups excluding carboxylic acids is 1. The van der Waals surface area contributed by atoms with Gasteiger partial charge in [-0.2, -0.15) is 4.31 Å². The summed E-state index contributed by atoms with van der Waals surface area (Å²) in [6.07, 6.45) is 4.46. The van der Waals surface area contributed by atoms with Crippen LogP contribution in [0.3, 0.4) is 0 Å². The number of hydrogen-bond acceptors (Lipinski definition) is 5. The van der Waals surface area contributed by atoms with Crippen LogP contribution in [0.2, 0.25) is 0 Å². The Morgan fingerprint density at radius 1 is 1.21 bits per heavy atom. The second-order valence-electron chi connectivity index (χ2n) is 7.44. The van der Waals surface area contributed by atoms with E-state index in [4.69, 9.17) is 9.47 Å². The van der Waals surface area contributed by atoms with Crippen molar-refractivity contribution in [3.8, 4) is 0 Å². The maximum atomic E-state index is 12.7. The summed E-state index contributed by atoms with van der Waals surface area (Å²) >= 11 is 0. The highest BCUT2D eigenvalue weighted by molar-refractivity contribution is 7.89. The molecule has 2 aliphatic heterocycles. The van der Waals surface area contributed by atoms with Crippen molar-refractivity contribution in [2.75, 3.05) is 26.3 Å². The lowest BCUT2D eigenvalue weighted by Gasteiger charge is -2.25. The van der Waals surface area contributed by atoms with E-state index in [1.165, 1.54) is 0 Å². The molecular weight excluding hydrogens is 380 g/mol. The van der Waals surface area contributed by atoms with Gasteiger partial charge < -0.3 is 14.8 Å². The molecule has 2 aliphatic rings. The van der Waals surface area contributed by atoms with Crippen LogP contribution in [-0.4, -0.2) is 57.1 Å². The Bertz CT molecular complexity index is 738. The van der Waals surface area contributed by atoms with E-state index in [2.05, 4.69) is 5.32 Å². The zero-order valence-corrected chi connectivity index (χ0v) is 17.2. The third-order valence-electron chi connectivity index (χ3n) is 5.27. The van der Waals surface area contributed by atoms with Gasteiger partial charge in [-0.1, -0.05) is 18.6 Å². The van der Waals surface area contributed by atoms with E-state index in [0.29, 0.717) is 31.1 Å². The predicted molar refractivity (Wildman–Crippen MR) is 105 cm³/mol. The largest absolute Gasteiger partial charge is 0.376 e. The van der Waals surface area contributed by atoms with E-state index >= 15 is 0 Å². The molecule has 1 N–H and O–H groups in total. The molecule has 28 heavy (non-hydrogen) atoms. The molecule has 7 nitrogen and oxygen atoms in total. The molecule has 3 rings (SSSR count). The lowest BCUT2D eigenvalue weighted by atomic mass is 10.2. The van der Waals surface area contributed by atoms with Gasteiger partial charge in [0.1, 0.15) is 6.10 Å². The van der Waals surface area contributed by atoms with E-state index in [9.17, 15) is 13.2 Å². The molecule has 2 saturated heterocycles. The maximum absolute atomic E-state index is 12.7. The fourth-order valence-electron chi connectivity index (χ4n) is 3.47. The quantitative estimate of drug-likeness (QED) is 0.709. The van der Waals surface area contributed by atoms with Crippen molar-refractivity contribution in [1.82, 2.24) is 9.62 Å². The molecule has 1 amide bonds. The van der Waals surface area contributed by atoms with Gasteiger partial charge in [0.2, 0.25) is 15.9 Å². The lowest BCUT2D eigenvalue weighted by Crippen LogP contribution is -2.36. The van der Waals surface area contributed by atoms with Crippen LogP contribution in [0.1, 0.15) is 44.6 Å². The van der Waals surface area contributed by atoms with Crippen molar-refractivity contribution < 1.29 is 22.7 Å². The third kappa shape index (κ3) is 5.53. The minimum atomic E-state index is -3.42. The minimum Gasteiger partial charge on any atom is -0.376 e. The smallest absolute Gasteiger partial charge is 0.249 e. The molecule has 0 radical (unpaired) electrons. The highest BCUT2D eigenvalue weighted by atomic mass is 32.2. The van der Waals surface area contributed by atoms with Gasteiger partial charge in [-0.3, -0.25) is 4.79 Å². The van der Waals surface area contributed by atoms with Crippen LogP contribution < -0.4 is 5.32 Å². The summed E-state index contributed by atoms with van der Waals surface area (Å²) in [4.78, 5) is 12.5. The summed E-state index contributed by atoms with van der Waals surface area (Å²) in [5.41, 5.74) is 0.845. The molecule has 2 fully saturated rings. The number of nitrogens with zero attached hydrogens (tertiary/aromatic N) is 1. The van der Waals surface area contributed by atoms with E-state index in [1.807, 2.05) is 0 Å². The number of piperidine rings is 1. The van der Waals surface area contributed by atoms with Crippen LogP contribution in [0.4, 0.5) is 0 Å². The Kier molecular flexibility index (Phi) is 7.45. The number of carbonyl (C=O) groups is 1. The van der Waals surface area contributed by atoms with E-state index in [0.717, 1.165) is 44.3 Å². The SMILES string of the molecule is CC(OCC1CCCO1)C(=O)NCc1ccc(S(=O)(=O)N2CCCCC2)cc1. The van der Waals surface area contributed by atoms with Gasteiger partial charge in [0.15, 0.2) is 0 Å². The van der Waals surface area contributed by atoms with E-state index < -0.39 is 16.1 Å². The molecule has 0 aromatic heterocycles. The summed E-state index contributed by atoms with van der Waals surface area (Å²) in [5.74, 6) is -0.192. The van der Waals surface area contributed by atoms with Crippen molar-refractivity contribution in [2.24, 2.45) is 0 Å². The molecule has 156 valence electrons. The number of hydrogen-bond donors (Lipinski definition) is 1. The molecule has 0 bridgehead atoms. The van der Waals surface area contributed by atoms with Gasteiger partial charge in [0.05, 0.1) is 17.6 Å². The number of rotatable bonds is 8. The fraction of sp³-hybridized carbons (Fsp3) is 0.650. The molecule has 2 unspecified atom stereocenters. The lowest BCUT2D eigenvalue weighted by molar-refractivity contribution is -0.133. The molecule has 8 heteroatoms. The summed E-state index contributed by atoms with van der Waals surface area (Å²) in [5, 5.41) is 2.83. The summed E-state index contributed by atoms with van der Waals surface area (Å²) in [6, 6.07) is 6.72. The standard InChI is InChI=1S/C20H30N2O5S/c1-16(27-15-18-6-5-13-26-18)20(23)21-14-17-7-9-19(10-8-17)28(24,25)22-11-3-2-4-12-22/h7-10,16,18H,2-6,11-15H2,1H3,(H,21,23). The van der Waals surface area contributed by atoms with Crippen LogP contribution in [-0.2, 0) is 30.8 Å². The summed E-state index contributed by atoms with van der Waals surface area (Å²) in [6.45, 7) is 4.42. The van der Waals surface area contributed by atoms with Crippen molar-refractivity contribution >= 4 is 15.9 Å². The molecule has 2 atom stereocenters. The Morgan fingerprint density at radius 3 is 2.57 bits per heavy atom. The molecule has 0 aliphatic carbocycles. The van der Waals surface area contributed by atoms with Crippen LogP contribution >= 0.6 is 0 Å². The number of ether oxygens (including phenoxy) is 2. The number of sulfonamides is 1. The second kappa shape index (κ2) is 9.82.